The number of rotatable bonds is 8. The van der Waals surface area contributed by atoms with E-state index in [9.17, 15) is 4.79 Å². The lowest BCUT2D eigenvalue weighted by atomic mass is 9.84. The Morgan fingerprint density at radius 2 is 1.82 bits per heavy atom. The summed E-state index contributed by atoms with van der Waals surface area (Å²) in [5.41, 5.74) is 4.79. The van der Waals surface area contributed by atoms with Gasteiger partial charge in [0.2, 0.25) is 5.88 Å². The number of hydrogen-bond acceptors (Lipinski definition) is 6. The first-order valence-electron chi connectivity index (χ1n) is 13.6. The Balaban J connectivity index is 1.40. The Bertz CT molecular complexity index is 1460. The zero-order chi connectivity index (χ0) is 27.2. The molecule has 1 aliphatic carbocycles. The topological polar surface area (TPSA) is 86.2 Å². The second kappa shape index (κ2) is 12.1. The van der Waals surface area contributed by atoms with Gasteiger partial charge in [-0.25, -0.2) is 15.0 Å². The quantitative estimate of drug-likeness (QED) is 0.258. The third-order valence-corrected chi connectivity index (χ3v) is 7.27. The normalized spacial score (nSPS) is 13.6. The first-order valence-corrected chi connectivity index (χ1v) is 13.6. The third kappa shape index (κ3) is 6.08. The number of amides is 1. The van der Waals surface area contributed by atoms with E-state index in [1.165, 1.54) is 37.7 Å². The van der Waals surface area contributed by atoms with Crippen LogP contribution in [0.25, 0.3) is 11.3 Å². The van der Waals surface area contributed by atoms with Crippen LogP contribution in [0, 0.1) is 6.92 Å². The summed E-state index contributed by atoms with van der Waals surface area (Å²) in [6.45, 7) is 3.96. The molecule has 0 spiro atoms. The number of aryl methyl sites for hydroxylation is 2. The number of ether oxygens (including phenoxy) is 2. The van der Waals surface area contributed by atoms with E-state index in [2.05, 4.69) is 32.4 Å². The summed E-state index contributed by atoms with van der Waals surface area (Å²) in [6.07, 6.45) is 10.3. The zero-order valence-electron chi connectivity index (χ0n) is 22.7. The molecule has 0 radical (unpaired) electrons. The molecule has 2 heterocycles. The molecule has 1 fully saturated rings. The molecule has 7 heteroatoms. The van der Waals surface area contributed by atoms with Gasteiger partial charge in [-0.15, -0.1) is 0 Å². The van der Waals surface area contributed by atoms with Crippen LogP contribution in [0.5, 0.6) is 17.4 Å². The molecule has 1 amide bonds. The highest BCUT2D eigenvalue weighted by Crippen LogP contribution is 2.37. The van der Waals surface area contributed by atoms with Crippen LogP contribution in [0.1, 0.15) is 72.3 Å². The van der Waals surface area contributed by atoms with Gasteiger partial charge in [-0.1, -0.05) is 38.3 Å². The molecule has 1 saturated carbocycles. The second-order valence-corrected chi connectivity index (χ2v) is 9.90. The Kier molecular flexibility index (Phi) is 8.16. The molecule has 7 nitrogen and oxygen atoms in total. The molecule has 1 aliphatic rings. The molecule has 2 aromatic carbocycles. The number of aromatic nitrogens is 3. The molecule has 0 saturated heterocycles. The minimum atomic E-state index is -0.233. The van der Waals surface area contributed by atoms with Crippen molar-refractivity contribution < 1.29 is 14.3 Å². The molecule has 200 valence electrons. The number of pyridine rings is 1. The van der Waals surface area contributed by atoms with Crippen molar-refractivity contribution in [3.8, 4) is 28.6 Å². The summed E-state index contributed by atoms with van der Waals surface area (Å²) in [7, 11) is 1.62. The number of methoxy groups -OCH3 is 1. The molecule has 0 atom stereocenters. The Labute approximate surface area is 229 Å². The number of benzene rings is 2. The fourth-order valence-electron chi connectivity index (χ4n) is 5.05. The van der Waals surface area contributed by atoms with E-state index in [4.69, 9.17) is 9.47 Å². The average molecular weight is 523 g/mol. The molecule has 0 aliphatic heterocycles. The van der Waals surface area contributed by atoms with Gasteiger partial charge in [-0.2, -0.15) is 0 Å². The van der Waals surface area contributed by atoms with Gasteiger partial charge in [-0.3, -0.25) is 4.79 Å². The second-order valence-electron chi connectivity index (χ2n) is 9.90. The lowest BCUT2D eigenvalue weighted by molar-refractivity contribution is 0.102. The molecule has 5 rings (SSSR count). The van der Waals surface area contributed by atoms with E-state index in [1.807, 2.05) is 44.2 Å². The first-order chi connectivity index (χ1) is 19.1. The van der Waals surface area contributed by atoms with Crippen molar-refractivity contribution in [2.45, 2.75) is 58.3 Å². The van der Waals surface area contributed by atoms with Crippen LogP contribution in [-0.4, -0.2) is 28.0 Å². The number of anilines is 1. The zero-order valence-corrected chi connectivity index (χ0v) is 22.7. The fraction of sp³-hybridized carbons (Fsp3) is 0.312. The van der Waals surface area contributed by atoms with Crippen molar-refractivity contribution in [1.29, 1.82) is 0 Å². The van der Waals surface area contributed by atoms with Gasteiger partial charge < -0.3 is 14.8 Å². The number of nitrogens with zero attached hydrogens (tertiary/aromatic N) is 3. The number of carbonyl (C=O) groups excluding carboxylic acids is 1. The summed E-state index contributed by atoms with van der Waals surface area (Å²) in [4.78, 5) is 26.8. The van der Waals surface area contributed by atoms with Gasteiger partial charge in [0.25, 0.3) is 5.91 Å². The fourth-order valence-corrected chi connectivity index (χ4v) is 5.05. The third-order valence-electron chi connectivity index (χ3n) is 7.27. The predicted molar refractivity (Wildman–Crippen MR) is 153 cm³/mol. The van der Waals surface area contributed by atoms with Crippen molar-refractivity contribution in [1.82, 2.24) is 15.0 Å². The molecule has 2 aromatic heterocycles. The van der Waals surface area contributed by atoms with Gasteiger partial charge in [0.1, 0.15) is 17.3 Å². The number of carbonyl (C=O) groups is 1. The standard InChI is InChI=1S/C32H34N4O3/c1-4-30-33-18-16-26(35-30)25-11-8-17-34-32(25)39-29-20-24(13-12-21(29)2)31(37)36-27-19-23(14-15-28(27)38-3)22-9-6-5-7-10-22/h8,11-20,22H,4-7,9-10H2,1-3H3,(H,36,37). The highest BCUT2D eigenvalue weighted by atomic mass is 16.5. The number of hydrogen-bond donors (Lipinski definition) is 1. The van der Waals surface area contributed by atoms with Crippen molar-refractivity contribution in [2.75, 3.05) is 12.4 Å². The Morgan fingerprint density at radius 1 is 0.974 bits per heavy atom. The SMILES string of the molecule is CCc1nccc(-c2cccnc2Oc2cc(C(=O)Nc3cc(C4CCCCC4)ccc3OC)ccc2C)n1. The number of nitrogens with one attached hydrogen (secondary N) is 1. The Hall–Kier alpha value is -4.26. The molecule has 4 aromatic rings. The van der Waals surface area contributed by atoms with Crippen molar-refractivity contribution in [3.05, 3.63) is 89.5 Å². The van der Waals surface area contributed by atoms with Gasteiger partial charge in [0.15, 0.2) is 0 Å². The van der Waals surface area contributed by atoms with Gasteiger partial charge in [-0.05, 0) is 79.3 Å². The van der Waals surface area contributed by atoms with E-state index in [0.29, 0.717) is 34.5 Å². The summed E-state index contributed by atoms with van der Waals surface area (Å²) in [5, 5.41) is 3.07. The molecule has 0 unspecified atom stereocenters. The summed E-state index contributed by atoms with van der Waals surface area (Å²) in [6, 6.07) is 17.2. The van der Waals surface area contributed by atoms with Gasteiger partial charge in [0, 0.05) is 24.4 Å². The van der Waals surface area contributed by atoms with Crippen LogP contribution in [0.3, 0.4) is 0 Å². The smallest absolute Gasteiger partial charge is 0.255 e. The molecule has 1 N–H and O–H groups in total. The highest BCUT2D eigenvalue weighted by Gasteiger charge is 2.19. The predicted octanol–water partition coefficient (Wildman–Crippen LogP) is 7.51. The van der Waals surface area contributed by atoms with Crippen molar-refractivity contribution in [3.63, 3.8) is 0 Å². The minimum absolute atomic E-state index is 0.233. The average Bonchev–Trinajstić information content (AvgIpc) is 2.99. The van der Waals surface area contributed by atoms with Crippen molar-refractivity contribution >= 4 is 11.6 Å². The van der Waals surface area contributed by atoms with Crippen molar-refractivity contribution in [2.24, 2.45) is 0 Å². The summed E-state index contributed by atoms with van der Waals surface area (Å²) in [5.74, 6) is 2.65. The summed E-state index contributed by atoms with van der Waals surface area (Å²) >= 11 is 0. The van der Waals surface area contributed by atoms with E-state index in [1.54, 1.807) is 31.6 Å². The Morgan fingerprint density at radius 3 is 2.62 bits per heavy atom. The van der Waals surface area contributed by atoms with Crippen LogP contribution in [0.4, 0.5) is 5.69 Å². The van der Waals surface area contributed by atoms with Crippen LogP contribution in [0.2, 0.25) is 0 Å². The largest absolute Gasteiger partial charge is 0.495 e. The first kappa shape index (κ1) is 26.4. The molecule has 39 heavy (non-hydrogen) atoms. The van der Waals surface area contributed by atoms with Gasteiger partial charge in [0.05, 0.1) is 24.1 Å². The maximum Gasteiger partial charge on any atom is 0.255 e. The van der Waals surface area contributed by atoms with Crippen LogP contribution in [-0.2, 0) is 6.42 Å². The maximum atomic E-state index is 13.4. The maximum absolute atomic E-state index is 13.4. The van der Waals surface area contributed by atoms with E-state index in [0.717, 1.165) is 29.1 Å². The lowest BCUT2D eigenvalue weighted by Crippen LogP contribution is -2.14. The lowest BCUT2D eigenvalue weighted by Gasteiger charge is -2.23. The highest BCUT2D eigenvalue weighted by molar-refractivity contribution is 6.05. The molecule has 0 bridgehead atoms. The van der Waals surface area contributed by atoms with E-state index < -0.39 is 0 Å². The van der Waals surface area contributed by atoms with Gasteiger partial charge >= 0.3 is 0 Å². The van der Waals surface area contributed by atoms with Crippen LogP contribution in [0.15, 0.2) is 67.0 Å². The van der Waals surface area contributed by atoms with Crippen LogP contribution < -0.4 is 14.8 Å². The minimum Gasteiger partial charge on any atom is -0.495 e. The summed E-state index contributed by atoms with van der Waals surface area (Å²) < 4.78 is 11.8. The van der Waals surface area contributed by atoms with E-state index >= 15 is 0 Å². The molecular formula is C32H34N4O3. The van der Waals surface area contributed by atoms with E-state index in [-0.39, 0.29) is 5.91 Å². The molecular weight excluding hydrogens is 488 g/mol. The van der Waals surface area contributed by atoms with Crippen LogP contribution >= 0.6 is 0 Å². The monoisotopic (exact) mass is 522 g/mol.